The fourth-order valence-corrected chi connectivity index (χ4v) is 3.76. The van der Waals surface area contributed by atoms with E-state index in [1.165, 1.54) is 0 Å². The van der Waals surface area contributed by atoms with Gasteiger partial charge in [0.05, 0.1) is 0 Å². The van der Waals surface area contributed by atoms with Gasteiger partial charge >= 0.3 is 0 Å². The van der Waals surface area contributed by atoms with Gasteiger partial charge in [-0.05, 0) is 42.3 Å². The third-order valence-corrected chi connectivity index (χ3v) is 5.45. The molecule has 1 amide bonds. The van der Waals surface area contributed by atoms with Crippen LogP contribution in [0.5, 0.6) is 0 Å². The first-order valence-corrected chi connectivity index (χ1v) is 9.46. The maximum atomic E-state index is 13.1. The first-order chi connectivity index (χ1) is 13.0. The summed E-state index contributed by atoms with van der Waals surface area (Å²) in [6.07, 6.45) is -0.290. The highest BCUT2D eigenvalue weighted by molar-refractivity contribution is 6.31. The molecule has 1 atom stereocenters. The zero-order chi connectivity index (χ0) is 19.0. The molecule has 0 fully saturated rings. The Morgan fingerprint density at radius 2 is 1.74 bits per heavy atom. The number of rotatable bonds is 4. The molecule has 1 aliphatic rings. The predicted molar refractivity (Wildman–Crippen MR) is 110 cm³/mol. The van der Waals surface area contributed by atoms with Crippen LogP contribution in [-0.2, 0) is 6.54 Å². The van der Waals surface area contributed by atoms with E-state index in [4.69, 9.17) is 23.2 Å². The molecule has 1 heterocycles. The normalized spacial score (nSPS) is 15.7. The lowest BCUT2D eigenvalue weighted by Crippen LogP contribution is -2.32. The summed E-state index contributed by atoms with van der Waals surface area (Å²) in [6, 6.07) is 21.0. The Balaban J connectivity index is 1.74. The van der Waals surface area contributed by atoms with Crippen molar-refractivity contribution in [2.45, 2.75) is 19.6 Å². The Bertz CT molecular complexity index is 1020. The summed E-state index contributed by atoms with van der Waals surface area (Å²) in [4.78, 5) is 14.9. The molecule has 1 aliphatic heterocycles. The first-order valence-electron chi connectivity index (χ1n) is 8.70. The fraction of sp³-hybridized carbons (Fsp3) is 0.136. The van der Waals surface area contributed by atoms with E-state index in [0.717, 1.165) is 22.4 Å². The number of anilines is 1. The van der Waals surface area contributed by atoms with E-state index in [1.54, 1.807) is 0 Å². The van der Waals surface area contributed by atoms with Crippen LogP contribution in [0.2, 0.25) is 10.0 Å². The average Bonchev–Trinajstić information content (AvgIpc) is 2.92. The van der Waals surface area contributed by atoms with Crippen molar-refractivity contribution >= 4 is 34.8 Å². The van der Waals surface area contributed by atoms with Gasteiger partial charge in [-0.1, -0.05) is 65.7 Å². The largest absolute Gasteiger partial charge is 0.361 e. The van der Waals surface area contributed by atoms with Gasteiger partial charge in [-0.3, -0.25) is 4.79 Å². The summed E-state index contributed by atoms with van der Waals surface area (Å²) in [5, 5.41) is 4.81. The van der Waals surface area contributed by atoms with Gasteiger partial charge in [-0.25, -0.2) is 0 Å². The number of benzene rings is 3. The number of carbonyl (C=O) groups is 1. The fourth-order valence-electron chi connectivity index (χ4n) is 3.40. The average molecular weight is 397 g/mol. The summed E-state index contributed by atoms with van der Waals surface area (Å²) in [5.41, 5.74) is 4.54. The Kier molecular flexibility index (Phi) is 4.81. The smallest absolute Gasteiger partial charge is 0.256 e. The van der Waals surface area contributed by atoms with E-state index >= 15 is 0 Å². The van der Waals surface area contributed by atoms with Crippen molar-refractivity contribution in [3.05, 3.63) is 99.0 Å². The number of nitrogens with zero attached hydrogens (tertiary/aromatic N) is 1. The molecular formula is C22H18Cl2N2O. The van der Waals surface area contributed by atoms with Crippen molar-refractivity contribution in [2.24, 2.45) is 0 Å². The molecule has 3 aromatic carbocycles. The van der Waals surface area contributed by atoms with Crippen molar-refractivity contribution < 1.29 is 4.79 Å². The van der Waals surface area contributed by atoms with Crippen molar-refractivity contribution in [1.82, 2.24) is 4.90 Å². The Hall–Kier alpha value is -2.49. The topological polar surface area (TPSA) is 32.3 Å². The maximum absolute atomic E-state index is 13.1. The molecule has 0 spiro atoms. The molecule has 136 valence electrons. The monoisotopic (exact) mass is 396 g/mol. The molecule has 0 radical (unpaired) electrons. The number of nitrogens with one attached hydrogen (secondary N) is 1. The van der Waals surface area contributed by atoms with Crippen LogP contribution in [0, 0.1) is 6.92 Å². The van der Waals surface area contributed by atoms with Gasteiger partial charge in [0.1, 0.15) is 6.17 Å². The van der Waals surface area contributed by atoms with Crippen LogP contribution < -0.4 is 5.32 Å². The van der Waals surface area contributed by atoms with E-state index < -0.39 is 0 Å². The predicted octanol–water partition coefficient (Wildman–Crippen LogP) is 6.07. The van der Waals surface area contributed by atoms with Gasteiger partial charge in [0.25, 0.3) is 5.91 Å². The highest BCUT2D eigenvalue weighted by atomic mass is 35.5. The molecule has 27 heavy (non-hydrogen) atoms. The number of hydrogen-bond acceptors (Lipinski definition) is 2. The molecule has 1 N–H and O–H groups in total. The Labute approximate surface area is 168 Å². The first kappa shape index (κ1) is 17.9. The van der Waals surface area contributed by atoms with Crippen LogP contribution in [-0.4, -0.2) is 10.8 Å². The molecular weight excluding hydrogens is 379 g/mol. The van der Waals surface area contributed by atoms with Gasteiger partial charge in [-0.15, -0.1) is 0 Å². The van der Waals surface area contributed by atoms with E-state index in [-0.39, 0.29) is 12.1 Å². The second kappa shape index (κ2) is 7.26. The van der Waals surface area contributed by atoms with E-state index in [2.05, 4.69) is 5.32 Å². The number of fused-ring (bicyclic) bond motifs is 1. The number of carbonyl (C=O) groups excluding carboxylic acids is 1. The van der Waals surface area contributed by atoms with Crippen LogP contribution in [0.1, 0.15) is 33.2 Å². The number of aryl methyl sites for hydroxylation is 1. The quantitative estimate of drug-likeness (QED) is 0.580. The zero-order valence-corrected chi connectivity index (χ0v) is 16.3. The van der Waals surface area contributed by atoms with Crippen LogP contribution in [0.3, 0.4) is 0 Å². The number of halogens is 2. The summed E-state index contributed by atoms with van der Waals surface area (Å²) < 4.78 is 0. The molecule has 5 heteroatoms. The Morgan fingerprint density at radius 3 is 2.56 bits per heavy atom. The summed E-state index contributed by atoms with van der Waals surface area (Å²) >= 11 is 12.5. The van der Waals surface area contributed by atoms with Crippen LogP contribution in [0.4, 0.5) is 5.69 Å². The van der Waals surface area contributed by atoms with Gasteiger partial charge in [-0.2, -0.15) is 0 Å². The molecule has 0 aromatic heterocycles. The minimum Gasteiger partial charge on any atom is -0.361 e. The third kappa shape index (κ3) is 3.41. The molecule has 0 aliphatic carbocycles. The lowest BCUT2D eigenvalue weighted by Gasteiger charge is -2.28. The molecule has 0 saturated heterocycles. The van der Waals surface area contributed by atoms with Crippen molar-refractivity contribution in [3.63, 3.8) is 0 Å². The molecule has 0 bridgehead atoms. The lowest BCUT2D eigenvalue weighted by molar-refractivity contribution is 0.0729. The van der Waals surface area contributed by atoms with Gasteiger partial charge in [0, 0.05) is 33.4 Å². The van der Waals surface area contributed by atoms with Crippen molar-refractivity contribution in [2.75, 3.05) is 5.32 Å². The van der Waals surface area contributed by atoms with Crippen LogP contribution in [0.25, 0.3) is 0 Å². The molecule has 0 unspecified atom stereocenters. The standard InChI is InChI=1S/C22H18Cl2N2O/c1-14-10-11-16(23)12-20(14)25-21-17-7-3-4-8-18(17)22(27)26(21)13-15-6-2-5-9-19(15)24/h2-12,21,25H,13H2,1H3/t21-/m1/s1. The SMILES string of the molecule is Cc1ccc(Cl)cc1N[C@H]1c2ccccc2C(=O)N1Cc1ccccc1Cl. The van der Waals surface area contributed by atoms with Gasteiger partial charge in [0.15, 0.2) is 0 Å². The summed E-state index contributed by atoms with van der Waals surface area (Å²) in [6.45, 7) is 2.43. The molecule has 0 saturated carbocycles. The summed E-state index contributed by atoms with van der Waals surface area (Å²) in [7, 11) is 0. The Morgan fingerprint density at radius 1 is 1.00 bits per heavy atom. The van der Waals surface area contributed by atoms with Gasteiger partial charge in [0.2, 0.25) is 0 Å². The number of hydrogen-bond donors (Lipinski definition) is 1. The van der Waals surface area contributed by atoms with E-state index in [1.807, 2.05) is 78.6 Å². The van der Waals surface area contributed by atoms with Crippen molar-refractivity contribution in [1.29, 1.82) is 0 Å². The molecule has 3 aromatic rings. The highest BCUT2D eigenvalue weighted by Crippen LogP contribution is 2.37. The van der Waals surface area contributed by atoms with E-state index in [9.17, 15) is 4.79 Å². The van der Waals surface area contributed by atoms with Gasteiger partial charge < -0.3 is 10.2 Å². The van der Waals surface area contributed by atoms with Crippen molar-refractivity contribution in [3.8, 4) is 0 Å². The molecule has 4 rings (SSSR count). The summed E-state index contributed by atoms with van der Waals surface area (Å²) in [5.74, 6) is -0.0114. The minimum absolute atomic E-state index is 0.0114. The molecule has 3 nitrogen and oxygen atoms in total. The lowest BCUT2D eigenvalue weighted by atomic mass is 10.1. The number of amides is 1. The second-order valence-corrected chi connectivity index (χ2v) is 7.46. The highest BCUT2D eigenvalue weighted by Gasteiger charge is 2.36. The van der Waals surface area contributed by atoms with E-state index in [0.29, 0.717) is 22.2 Å². The zero-order valence-electron chi connectivity index (χ0n) is 14.7. The minimum atomic E-state index is -0.290. The third-order valence-electron chi connectivity index (χ3n) is 4.85. The maximum Gasteiger partial charge on any atom is 0.256 e. The van der Waals surface area contributed by atoms with Crippen LogP contribution in [0.15, 0.2) is 66.7 Å². The second-order valence-electron chi connectivity index (χ2n) is 6.62. The van der Waals surface area contributed by atoms with Crippen LogP contribution >= 0.6 is 23.2 Å².